The minimum absolute atomic E-state index is 0.338. The summed E-state index contributed by atoms with van der Waals surface area (Å²) in [5.41, 5.74) is 6.61. The minimum atomic E-state index is -0.624. The Balaban J connectivity index is 2.76. The Morgan fingerprint density at radius 2 is 2.07 bits per heavy atom. The number of esters is 1. The summed E-state index contributed by atoms with van der Waals surface area (Å²) in [6.45, 7) is 1.47. The van der Waals surface area contributed by atoms with Gasteiger partial charge in [0.25, 0.3) is 0 Å². The van der Waals surface area contributed by atoms with Gasteiger partial charge in [-0.25, -0.2) is 9.18 Å². The van der Waals surface area contributed by atoms with Gasteiger partial charge in [0.1, 0.15) is 6.67 Å². The maximum atomic E-state index is 12.2. The molecule has 1 aromatic carbocycles. The Hall–Kier alpha value is -1.42. The highest BCUT2D eigenvalue weighted by Crippen LogP contribution is 2.12. The van der Waals surface area contributed by atoms with E-state index in [-0.39, 0.29) is 5.97 Å². The lowest BCUT2D eigenvalue weighted by atomic mass is 10.1. The number of ether oxygens (including phenoxy) is 1. The molecule has 1 atom stereocenters. The van der Waals surface area contributed by atoms with Crippen molar-refractivity contribution in [3.05, 3.63) is 35.4 Å². The first-order valence-electron chi connectivity index (χ1n) is 4.77. The van der Waals surface area contributed by atoms with Crippen LogP contribution in [0.15, 0.2) is 24.3 Å². The summed E-state index contributed by atoms with van der Waals surface area (Å²) in [4.78, 5) is 11.3. The molecule has 82 valence electrons. The standard InChI is InChI=1S/C11H14FNO2/c1-2-15-11(14)9-5-3-8(4-6-9)10(13)7-12/h3-6,10H,2,7,13H2,1H3. The van der Waals surface area contributed by atoms with Crippen LogP contribution in [0.1, 0.15) is 28.9 Å². The van der Waals surface area contributed by atoms with Gasteiger partial charge < -0.3 is 10.5 Å². The fourth-order valence-electron chi connectivity index (χ4n) is 1.17. The molecule has 1 aromatic rings. The van der Waals surface area contributed by atoms with Crippen LogP contribution < -0.4 is 5.73 Å². The van der Waals surface area contributed by atoms with Crippen molar-refractivity contribution in [2.75, 3.05) is 13.3 Å². The van der Waals surface area contributed by atoms with E-state index in [1.54, 1.807) is 31.2 Å². The first-order chi connectivity index (χ1) is 7.19. The molecule has 0 aliphatic rings. The van der Waals surface area contributed by atoms with E-state index in [1.165, 1.54) is 0 Å². The third-order valence-electron chi connectivity index (χ3n) is 2.02. The van der Waals surface area contributed by atoms with Gasteiger partial charge in [-0.05, 0) is 24.6 Å². The van der Waals surface area contributed by atoms with E-state index >= 15 is 0 Å². The third kappa shape index (κ3) is 3.02. The molecule has 0 bridgehead atoms. The molecule has 0 aromatic heterocycles. The van der Waals surface area contributed by atoms with E-state index in [2.05, 4.69) is 0 Å². The van der Waals surface area contributed by atoms with Crippen molar-refractivity contribution in [2.24, 2.45) is 5.73 Å². The maximum absolute atomic E-state index is 12.2. The van der Waals surface area contributed by atoms with Gasteiger partial charge in [0, 0.05) is 0 Å². The first-order valence-corrected chi connectivity index (χ1v) is 4.77. The van der Waals surface area contributed by atoms with Crippen molar-refractivity contribution in [1.29, 1.82) is 0 Å². The van der Waals surface area contributed by atoms with Crippen LogP contribution in [0.5, 0.6) is 0 Å². The molecule has 4 heteroatoms. The van der Waals surface area contributed by atoms with E-state index in [1.807, 2.05) is 0 Å². The van der Waals surface area contributed by atoms with Crippen molar-refractivity contribution >= 4 is 5.97 Å². The van der Waals surface area contributed by atoms with Gasteiger partial charge in [0.05, 0.1) is 18.2 Å². The van der Waals surface area contributed by atoms with Crippen LogP contribution in [0.25, 0.3) is 0 Å². The predicted octanol–water partition coefficient (Wildman–Crippen LogP) is 1.83. The number of carbonyl (C=O) groups is 1. The van der Waals surface area contributed by atoms with Gasteiger partial charge in [-0.3, -0.25) is 0 Å². The zero-order chi connectivity index (χ0) is 11.3. The highest BCUT2D eigenvalue weighted by Gasteiger charge is 2.08. The normalized spacial score (nSPS) is 12.2. The molecular formula is C11H14FNO2. The van der Waals surface area contributed by atoms with Gasteiger partial charge in [-0.1, -0.05) is 12.1 Å². The molecule has 3 nitrogen and oxygen atoms in total. The Labute approximate surface area is 88.0 Å². The fourth-order valence-corrected chi connectivity index (χ4v) is 1.17. The lowest BCUT2D eigenvalue weighted by Crippen LogP contribution is -2.12. The van der Waals surface area contributed by atoms with Crippen molar-refractivity contribution in [1.82, 2.24) is 0 Å². The van der Waals surface area contributed by atoms with Crippen LogP contribution in [-0.2, 0) is 4.74 Å². The SMILES string of the molecule is CCOC(=O)c1ccc(C(N)CF)cc1. The van der Waals surface area contributed by atoms with Crippen LogP contribution >= 0.6 is 0 Å². The van der Waals surface area contributed by atoms with Crippen LogP contribution in [-0.4, -0.2) is 19.3 Å². The highest BCUT2D eigenvalue weighted by molar-refractivity contribution is 5.89. The summed E-state index contributed by atoms with van der Waals surface area (Å²) in [6.07, 6.45) is 0. The van der Waals surface area contributed by atoms with Crippen molar-refractivity contribution in [3.63, 3.8) is 0 Å². The summed E-state index contributed by atoms with van der Waals surface area (Å²) >= 11 is 0. The largest absolute Gasteiger partial charge is 0.462 e. The van der Waals surface area contributed by atoms with E-state index < -0.39 is 12.7 Å². The Morgan fingerprint density at radius 3 is 2.53 bits per heavy atom. The minimum Gasteiger partial charge on any atom is -0.462 e. The predicted molar refractivity (Wildman–Crippen MR) is 55.3 cm³/mol. The number of rotatable bonds is 4. The Morgan fingerprint density at radius 1 is 1.47 bits per heavy atom. The number of nitrogens with two attached hydrogens (primary N) is 1. The lowest BCUT2D eigenvalue weighted by molar-refractivity contribution is 0.0526. The van der Waals surface area contributed by atoms with Crippen molar-refractivity contribution in [2.45, 2.75) is 13.0 Å². The molecule has 0 radical (unpaired) electrons. The molecule has 15 heavy (non-hydrogen) atoms. The molecule has 0 aliphatic heterocycles. The number of benzene rings is 1. The molecule has 0 aliphatic carbocycles. The van der Waals surface area contributed by atoms with Gasteiger partial charge in [0.2, 0.25) is 0 Å². The van der Waals surface area contributed by atoms with Gasteiger partial charge >= 0.3 is 5.97 Å². The second-order valence-corrected chi connectivity index (χ2v) is 3.10. The van der Waals surface area contributed by atoms with E-state index in [9.17, 15) is 9.18 Å². The zero-order valence-electron chi connectivity index (χ0n) is 8.57. The number of alkyl halides is 1. The Kier molecular flexibility index (Phi) is 4.24. The smallest absolute Gasteiger partial charge is 0.338 e. The zero-order valence-corrected chi connectivity index (χ0v) is 8.57. The highest BCUT2D eigenvalue weighted by atomic mass is 19.1. The van der Waals surface area contributed by atoms with Crippen molar-refractivity contribution < 1.29 is 13.9 Å². The monoisotopic (exact) mass is 211 g/mol. The number of hydrogen-bond donors (Lipinski definition) is 1. The molecule has 1 unspecified atom stereocenters. The Bertz CT molecular complexity index is 324. The van der Waals surface area contributed by atoms with Crippen LogP contribution in [0.3, 0.4) is 0 Å². The molecule has 0 amide bonds. The van der Waals surface area contributed by atoms with Crippen LogP contribution in [0.2, 0.25) is 0 Å². The summed E-state index contributed by atoms with van der Waals surface area (Å²) in [5.74, 6) is -0.377. The first kappa shape index (κ1) is 11.7. The van der Waals surface area contributed by atoms with Gasteiger partial charge in [-0.2, -0.15) is 0 Å². The second-order valence-electron chi connectivity index (χ2n) is 3.10. The second kappa shape index (κ2) is 5.46. The maximum Gasteiger partial charge on any atom is 0.338 e. The average molecular weight is 211 g/mol. The molecule has 2 N–H and O–H groups in total. The molecule has 0 saturated heterocycles. The summed E-state index contributed by atoms with van der Waals surface area (Å²) in [6, 6.07) is 5.82. The third-order valence-corrected chi connectivity index (χ3v) is 2.02. The van der Waals surface area contributed by atoms with E-state index in [0.717, 1.165) is 0 Å². The fraction of sp³-hybridized carbons (Fsp3) is 0.364. The molecule has 0 heterocycles. The number of carbonyl (C=O) groups excluding carboxylic acids is 1. The van der Waals surface area contributed by atoms with Crippen molar-refractivity contribution in [3.8, 4) is 0 Å². The summed E-state index contributed by atoms with van der Waals surface area (Å²) in [5, 5.41) is 0. The lowest BCUT2D eigenvalue weighted by Gasteiger charge is -2.07. The molecule has 0 saturated carbocycles. The molecular weight excluding hydrogens is 197 g/mol. The van der Waals surface area contributed by atoms with Gasteiger partial charge in [-0.15, -0.1) is 0 Å². The number of hydrogen-bond acceptors (Lipinski definition) is 3. The topological polar surface area (TPSA) is 52.3 Å². The van der Waals surface area contributed by atoms with Crippen LogP contribution in [0.4, 0.5) is 4.39 Å². The summed E-state index contributed by atoms with van der Waals surface area (Å²) in [7, 11) is 0. The molecule has 1 rings (SSSR count). The molecule has 0 fully saturated rings. The van der Waals surface area contributed by atoms with Gasteiger partial charge in [0.15, 0.2) is 0 Å². The number of halogens is 1. The van der Waals surface area contributed by atoms with E-state index in [0.29, 0.717) is 17.7 Å². The summed E-state index contributed by atoms with van der Waals surface area (Å²) < 4.78 is 17.0. The van der Waals surface area contributed by atoms with Crippen LogP contribution in [0, 0.1) is 0 Å². The quantitative estimate of drug-likeness (QED) is 0.773. The van der Waals surface area contributed by atoms with E-state index in [4.69, 9.17) is 10.5 Å². The average Bonchev–Trinajstić information content (AvgIpc) is 2.28. The molecule has 0 spiro atoms.